The third-order valence-corrected chi connectivity index (χ3v) is 3.79. The second-order valence-corrected chi connectivity index (χ2v) is 6.02. The Balaban J connectivity index is 1.81. The standard InChI is InChI=1S/C15H20N6O/c1-9(2)13(16)15(22)17-11-5-3-4-10(8-11)14-18-19-20-21(14)12-6-7-12/h3-5,8-9,12-13H,6-7,16H2,1-2H3,(H,17,22)/t13-/m1/s1. The Hall–Kier alpha value is -2.28. The van der Waals surface area contributed by atoms with Gasteiger partial charge in [0.15, 0.2) is 5.82 Å². The molecule has 116 valence electrons. The minimum Gasteiger partial charge on any atom is -0.325 e. The van der Waals surface area contributed by atoms with Gasteiger partial charge in [-0.15, -0.1) is 5.10 Å². The van der Waals surface area contributed by atoms with Crippen LogP contribution in [-0.2, 0) is 4.79 Å². The smallest absolute Gasteiger partial charge is 0.241 e. The number of hydrogen-bond acceptors (Lipinski definition) is 5. The van der Waals surface area contributed by atoms with E-state index in [1.165, 1.54) is 0 Å². The van der Waals surface area contributed by atoms with Crippen LogP contribution in [0.4, 0.5) is 5.69 Å². The number of hydrogen-bond donors (Lipinski definition) is 2. The lowest BCUT2D eigenvalue weighted by atomic mass is 10.0. The Labute approximate surface area is 128 Å². The van der Waals surface area contributed by atoms with Crippen molar-refractivity contribution in [1.82, 2.24) is 20.2 Å². The lowest BCUT2D eigenvalue weighted by Crippen LogP contribution is -2.39. The molecule has 2 aromatic rings. The van der Waals surface area contributed by atoms with Gasteiger partial charge in [-0.25, -0.2) is 4.68 Å². The van der Waals surface area contributed by atoms with E-state index < -0.39 is 6.04 Å². The predicted molar refractivity (Wildman–Crippen MR) is 83.0 cm³/mol. The highest BCUT2D eigenvalue weighted by Crippen LogP contribution is 2.36. The van der Waals surface area contributed by atoms with Crippen molar-refractivity contribution >= 4 is 11.6 Å². The topological polar surface area (TPSA) is 98.7 Å². The van der Waals surface area contributed by atoms with E-state index in [1.807, 2.05) is 42.8 Å². The van der Waals surface area contributed by atoms with Gasteiger partial charge in [0.05, 0.1) is 12.1 Å². The summed E-state index contributed by atoms with van der Waals surface area (Å²) in [5.74, 6) is 0.631. The van der Waals surface area contributed by atoms with Gasteiger partial charge in [-0.3, -0.25) is 4.79 Å². The van der Waals surface area contributed by atoms with E-state index in [-0.39, 0.29) is 11.8 Å². The molecule has 1 aromatic heterocycles. The quantitative estimate of drug-likeness (QED) is 0.873. The minimum atomic E-state index is -0.527. The molecular weight excluding hydrogens is 280 g/mol. The van der Waals surface area contributed by atoms with Crippen molar-refractivity contribution in [3.05, 3.63) is 24.3 Å². The van der Waals surface area contributed by atoms with Gasteiger partial charge in [-0.05, 0) is 41.3 Å². The van der Waals surface area contributed by atoms with Crippen LogP contribution in [0.3, 0.4) is 0 Å². The summed E-state index contributed by atoms with van der Waals surface area (Å²) in [6.45, 7) is 3.84. The minimum absolute atomic E-state index is 0.0883. The average molecular weight is 300 g/mol. The fraction of sp³-hybridized carbons (Fsp3) is 0.467. The second kappa shape index (κ2) is 5.84. The number of carbonyl (C=O) groups excluding carboxylic acids is 1. The van der Waals surface area contributed by atoms with Gasteiger partial charge in [0, 0.05) is 11.3 Å². The number of rotatable bonds is 5. The Morgan fingerprint density at radius 3 is 2.86 bits per heavy atom. The molecule has 3 rings (SSSR count). The van der Waals surface area contributed by atoms with Crippen molar-refractivity contribution in [2.45, 2.75) is 38.8 Å². The lowest BCUT2D eigenvalue weighted by Gasteiger charge is -2.15. The molecule has 0 spiro atoms. The van der Waals surface area contributed by atoms with E-state index in [1.54, 1.807) is 0 Å². The van der Waals surface area contributed by atoms with E-state index >= 15 is 0 Å². The zero-order valence-electron chi connectivity index (χ0n) is 12.7. The summed E-state index contributed by atoms with van der Waals surface area (Å²) in [4.78, 5) is 12.1. The van der Waals surface area contributed by atoms with E-state index in [4.69, 9.17) is 5.73 Å². The van der Waals surface area contributed by atoms with Crippen molar-refractivity contribution in [2.24, 2.45) is 11.7 Å². The van der Waals surface area contributed by atoms with Gasteiger partial charge in [0.25, 0.3) is 0 Å². The maximum absolute atomic E-state index is 12.1. The second-order valence-electron chi connectivity index (χ2n) is 6.02. The zero-order chi connectivity index (χ0) is 15.7. The van der Waals surface area contributed by atoms with Crippen molar-refractivity contribution in [1.29, 1.82) is 0 Å². The highest BCUT2D eigenvalue weighted by Gasteiger charge is 2.28. The molecule has 1 atom stereocenters. The van der Waals surface area contributed by atoms with Crippen LogP contribution >= 0.6 is 0 Å². The first-order chi connectivity index (χ1) is 10.6. The Bertz CT molecular complexity index is 676. The number of carbonyl (C=O) groups is 1. The summed E-state index contributed by atoms with van der Waals surface area (Å²) in [6.07, 6.45) is 2.22. The largest absolute Gasteiger partial charge is 0.325 e. The molecule has 0 unspecified atom stereocenters. The van der Waals surface area contributed by atoms with E-state index in [0.29, 0.717) is 11.7 Å². The fourth-order valence-electron chi connectivity index (χ4n) is 2.21. The van der Waals surface area contributed by atoms with Gasteiger partial charge in [-0.2, -0.15) is 0 Å². The average Bonchev–Trinajstić information content (AvgIpc) is 3.23. The van der Waals surface area contributed by atoms with Gasteiger partial charge in [-0.1, -0.05) is 26.0 Å². The molecule has 0 saturated heterocycles. The van der Waals surface area contributed by atoms with Crippen molar-refractivity contribution in [2.75, 3.05) is 5.32 Å². The molecule has 3 N–H and O–H groups in total. The molecule has 0 bridgehead atoms. The number of nitrogens with zero attached hydrogens (tertiary/aromatic N) is 4. The molecule has 0 aliphatic heterocycles. The van der Waals surface area contributed by atoms with Crippen LogP contribution in [0.25, 0.3) is 11.4 Å². The van der Waals surface area contributed by atoms with Gasteiger partial charge in [0.1, 0.15) is 0 Å². The number of anilines is 1. The summed E-state index contributed by atoms with van der Waals surface area (Å²) in [6, 6.07) is 7.38. The first kappa shape index (κ1) is 14.6. The molecule has 0 radical (unpaired) electrons. The SMILES string of the molecule is CC(C)[C@@H](N)C(=O)Nc1cccc(-c2nnnn2C2CC2)c1. The highest BCUT2D eigenvalue weighted by atomic mass is 16.2. The monoisotopic (exact) mass is 300 g/mol. The van der Waals surface area contributed by atoms with E-state index in [0.717, 1.165) is 24.2 Å². The predicted octanol–water partition coefficient (Wildman–Crippen LogP) is 1.60. The van der Waals surface area contributed by atoms with Crippen LogP contribution in [0.5, 0.6) is 0 Å². The third-order valence-electron chi connectivity index (χ3n) is 3.79. The number of benzene rings is 1. The maximum atomic E-state index is 12.1. The molecule has 7 nitrogen and oxygen atoms in total. The number of nitrogens with one attached hydrogen (secondary N) is 1. The molecular formula is C15H20N6O. The van der Waals surface area contributed by atoms with Crippen LogP contribution < -0.4 is 11.1 Å². The molecule has 1 saturated carbocycles. The normalized spacial score (nSPS) is 15.8. The maximum Gasteiger partial charge on any atom is 0.241 e. The fourth-order valence-corrected chi connectivity index (χ4v) is 2.21. The molecule has 7 heteroatoms. The molecule has 1 aliphatic rings. The molecule has 1 aliphatic carbocycles. The zero-order valence-corrected chi connectivity index (χ0v) is 12.7. The first-order valence-electron chi connectivity index (χ1n) is 7.51. The van der Waals surface area contributed by atoms with Gasteiger partial charge >= 0.3 is 0 Å². The summed E-state index contributed by atoms with van der Waals surface area (Å²) in [7, 11) is 0. The summed E-state index contributed by atoms with van der Waals surface area (Å²) in [5, 5.41) is 14.7. The third kappa shape index (κ3) is 2.99. The van der Waals surface area contributed by atoms with Crippen LogP contribution in [0, 0.1) is 5.92 Å². The van der Waals surface area contributed by atoms with Crippen LogP contribution in [-0.4, -0.2) is 32.2 Å². The summed E-state index contributed by atoms with van der Waals surface area (Å²) in [5.41, 5.74) is 7.44. The Morgan fingerprint density at radius 1 is 1.41 bits per heavy atom. The first-order valence-corrected chi connectivity index (χ1v) is 7.51. The van der Waals surface area contributed by atoms with Crippen LogP contribution in [0.15, 0.2) is 24.3 Å². The van der Waals surface area contributed by atoms with E-state index in [2.05, 4.69) is 20.8 Å². The highest BCUT2D eigenvalue weighted by molar-refractivity contribution is 5.95. The molecule has 1 aromatic carbocycles. The van der Waals surface area contributed by atoms with E-state index in [9.17, 15) is 4.79 Å². The molecule has 1 fully saturated rings. The molecule has 22 heavy (non-hydrogen) atoms. The number of amides is 1. The molecule has 1 heterocycles. The lowest BCUT2D eigenvalue weighted by molar-refractivity contribution is -0.118. The van der Waals surface area contributed by atoms with Crippen molar-refractivity contribution in [3.63, 3.8) is 0 Å². The Morgan fingerprint density at radius 2 is 2.18 bits per heavy atom. The number of nitrogens with two attached hydrogens (primary N) is 1. The summed E-state index contributed by atoms with van der Waals surface area (Å²) >= 11 is 0. The van der Waals surface area contributed by atoms with Crippen LogP contribution in [0.2, 0.25) is 0 Å². The Kier molecular flexibility index (Phi) is 3.89. The van der Waals surface area contributed by atoms with Crippen molar-refractivity contribution in [3.8, 4) is 11.4 Å². The van der Waals surface area contributed by atoms with Crippen molar-refractivity contribution < 1.29 is 4.79 Å². The molecule has 1 amide bonds. The summed E-state index contributed by atoms with van der Waals surface area (Å²) < 4.78 is 1.85. The van der Waals surface area contributed by atoms with Gasteiger partial charge in [0.2, 0.25) is 5.91 Å². The van der Waals surface area contributed by atoms with Crippen LogP contribution in [0.1, 0.15) is 32.7 Å². The number of tetrazole rings is 1. The van der Waals surface area contributed by atoms with Gasteiger partial charge < -0.3 is 11.1 Å². The number of aromatic nitrogens is 4.